The van der Waals surface area contributed by atoms with E-state index < -0.39 is 23.4 Å². The van der Waals surface area contributed by atoms with Gasteiger partial charge in [0, 0.05) is 60.6 Å². The third-order valence-corrected chi connectivity index (χ3v) is 8.69. The van der Waals surface area contributed by atoms with Crippen molar-refractivity contribution in [2.75, 3.05) is 44.6 Å². The van der Waals surface area contributed by atoms with E-state index in [1.165, 1.54) is 31.4 Å². The minimum absolute atomic E-state index is 0.0201. The van der Waals surface area contributed by atoms with E-state index in [4.69, 9.17) is 4.74 Å². The van der Waals surface area contributed by atoms with Crippen LogP contribution < -0.4 is 5.32 Å². The number of fused-ring (bicyclic) bond motifs is 1. The van der Waals surface area contributed by atoms with Gasteiger partial charge in [-0.1, -0.05) is 18.6 Å². The summed E-state index contributed by atoms with van der Waals surface area (Å²) >= 11 is 0. The van der Waals surface area contributed by atoms with Crippen molar-refractivity contribution in [3.63, 3.8) is 0 Å². The molecule has 2 fully saturated rings. The zero-order valence-electron chi connectivity index (χ0n) is 27.0. The average molecular weight is 640 g/mol. The molecule has 248 valence electrons. The highest BCUT2D eigenvalue weighted by atomic mass is 19.4. The summed E-state index contributed by atoms with van der Waals surface area (Å²) in [5.74, 6) is -0.374. The second kappa shape index (κ2) is 14.4. The molecule has 46 heavy (non-hydrogen) atoms. The number of carbonyl (C=O) groups is 2. The Morgan fingerprint density at radius 2 is 1.74 bits per heavy atom. The number of ketones is 1. The van der Waals surface area contributed by atoms with Crippen molar-refractivity contribution in [2.24, 2.45) is 5.92 Å². The molecule has 0 bridgehead atoms. The van der Waals surface area contributed by atoms with Gasteiger partial charge in [0.05, 0.1) is 16.8 Å². The number of carbonyl (C=O) groups excluding carboxylic acids is 2. The lowest BCUT2D eigenvalue weighted by Crippen LogP contribution is -2.42. The smallest absolute Gasteiger partial charge is 0.417 e. The lowest BCUT2D eigenvalue weighted by Gasteiger charge is -2.33. The van der Waals surface area contributed by atoms with Crippen LogP contribution in [0.2, 0.25) is 0 Å². The molecule has 2 aliphatic rings. The molecule has 4 heterocycles. The zero-order chi connectivity index (χ0) is 32.9. The van der Waals surface area contributed by atoms with Crippen molar-refractivity contribution in [1.82, 2.24) is 19.8 Å². The molecule has 5 rings (SSSR count). The van der Waals surface area contributed by atoms with Crippen molar-refractivity contribution in [3.05, 3.63) is 53.9 Å². The Balaban J connectivity index is 1.31. The number of halogens is 3. The number of piperidine rings is 2. The molecule has 3 aromatic rings. The van der Waals surface area contributed by atoms with Gasteiger partial charge in [-0.25, -0.2) is 9.78 Å². The highest BCUT2D eigenvalue weighted by Crippen LogP contribution is 2.39. The third kappa shape index (κ3) is 8.74. The van der Waals surface area contributed by atoms with Crippen molar-refractivity contribution in [1.29, 1.82) is 0 Å². The number of Topliss-reactive ketones (excluding diaryl/α,β-unsaturated/α-hetero) is 1. The van der Waals surface area contributed by atoms with Gasteiger partial charge in [0.25, 0.3) is 0 Å². The number of hydrogen-bond donors (Lipinski definition) is 1. The van der Waals surface area contributed by atoms with E-state index in [9.17, 15) is 22.8 Å². The number of likely N-dealkylation sites (tertiary alicyclic amines) is 2. The Hall–Kier alpha value is -3.73. The van der Waals surface area contributed by atoms with Gasteiger partial charge in [0.2, 0.25) is 0 Å². The molecule has 2 aliphatic heterocycles. The molecular weight excluding hydrogens is 595 g/mol. The second-order valence-electron chi connectivity index (χ2n) is 13.4. The van der Waals surface area contributed by atoms with E-state index in [-0.39, 0.29) is 34.9 Å². The number of anilines is 1. The molecular formula is C35H44F3N5O3. The van der Waals surface area contributed by atoms with Crippen molar-refractivity contribution >= 4 is 28.5 Å². The van der Waals surface area contributed by atoms with Crippen LogP contribution in [-0.2, 0) is 10.9 Å². The van der Waals surface area contributed by atoms with Crippen LogP contribution in [0, 0.1) is 5.92 Å². The molecule has 1 N–H and O–H groups in total. The van der Waals surface area contributed by atoms with Gasteiger partial charge in [-0.05, 0) is 96.6 Å². The molecule has 0 spiro atoms. The molecule has 1 aromatic carbocycles. The fraction of sp³-hybridized carbons (Fsp3) is 0.543. The maximum Gasteiger partial charge on any atom is 0.417 e. The molecule has 2 saturated heterocycles. The normalized spacial score (nSPS) is 16.9. The van der Waals surface area contributed by atoms with Crippen LogP contribution in [0.15, 0.2) is 42.7 Å². The molecule has 0 aliphatic carbocycles. The van der Waals surface area contributed by atoms with Crippen LogP contribution in [-0.4, -0.2) is 76.5 Å². The number of alkyl halides is 3. The standard InChI is InChI=1S/C35H44F3N5O3/c1-34(2,3)46-33(45)43-18-11-24(12-19-43)20-32(44)25-8-9-26(28(21-25)35(36,37)38)31-22-30(27-23-39-14-10-29(27)41-31)40-13-7-17-42-15-5-4-6-16-42/h8-10,14,21-24H,4-7,11-13,15-20H2,1-3H3,(H,40,41). The predicted molar refractivity (Wildman–Crippen MR) is 173 cm³/mol. The monoisotopic (exact) mass is 639 g/mol. The minimum Gasteiger partial charge on any atom is -0.444 e. The molecule has 0 radical (unpaired) electrons. The SMILES string of the molecule is CC(C)(C)OC(=O)N1CCC(CC(=O)c2ccc(-c3cc(NCCCN4CCCCC4)c4cnccc4n3)c(C(F)(F)F)c2)CC1. The van der Waals surface area contributed by atoms with Gasteiger partial charge in [-0.2, -0.15) is 13.2 Å². The maximum absolute atomic E-state index is 14.5. The van der Waals surface area contributed by atoms with Crippen LogP contribution in [0.1, 0.15) is 81.6 Å². The zero-order valence-corrected chi connectivity index (χ0v) is 27.0. The summed E-state index contributed by atoms with van der Waals surface area (Å²) in [5, 5.41) is 4.16. The van der Waals surface area contributed by atoms with Gasteiger partial charge >= 0.3 is 12.3 Å². The first-order valence-corrected chi connectivity index (χ1v) is 16.3. The van der Waals surface area contributed by atoms with Crippen LogP contribution >= 0.6 is 0 Å². The molecule has 11 heteroatoms. The van der Waals surface area contributed by atoms with Crippen LogP contribution in [0.3, 0.4) is 0 Å². The first-order valence-electron chi connectivity index (χ1n) is 16.3. The Morgan fingerprint density at radius 3 is 2.43 bits per heavy atom. The number of nitrogens with zero attached hydrogens (tertiary/aromatic N) is 4. The average Bonchev–Trinajstić information content (AvgIpc) is 3.02. The van der Waals surface area contributed by atoms with Crippen LogP contribution in [0.5, 0.6) is 0 Å². The Kier molecular flexibility index (Phi) is 10.5. The molecule has 0 unspecified atom stereocenters. The Morgan fingerprint density at radius 1 is 1.00 bits per heavy atom. The van der Waals surface area contributed by atoms with E-state index in [2.05, 4.69) is 20.2 Å². The molecule has 2 aromatic heterocycles. The summed E-state index contributed by atoms with van der Waals surface area (Å²) < 4.78 is 48.9. The largest absolute Gasteiger partial charge is 0.444 e. The number of aromatic nitrogens is 2. The van der Waals surface area contributed by atoms with Crippen molar-refractivity contribution in [2.45, 2.75) is 77.5 Å². The number of rotatable bonds is 9. The number of ether oxygens (including phenoxy) is 1. The van der Waals surface area contributed by atoms with E-state index >= 15 is 0 Å². The Labute approximate surface area is 268 Å². The summed E-state index contributed by atoms with van der Waals surface area (Å²) in [6.45, 7) is 10.2. The molecule has 1 amide bonds. The van der Waals surface area contributed by atoms with E-state index in [1.807, 2.05) is 0 Å². The molecule has 0 atom stereocenters. The minimum atomic E-state index is -4.69. The maximum atomic E-state index is 14.5. The highest BCUT2D eigenvalue weighted by molar-refractivity contribution is 5.98. The van der Waals surface area contributed by atoms with Gasteiger partial charge in [0.15, 0.2) is 5.78 Å². The topological polar surface area (TPSA) is 87.7 Å². The fourth-order valence-electron chi connectivity index (χ4n) is 6.26. The summed E-state index contributed by atoms with van der Waals surface area (Å²) in [5.41, 5.74) is -0.157. The molecule has 0 saturated carbocycles. The lowest BCUT2D eigenvalue weighted by molar-refractivity contribution is -0.137. The fourth-order valence-corrected chi connectivity index (χ4v) is 6.26. The highest BCUT2D eigenvalue weighted by Gasteiger charge is 2.35. The lowest BCUT2D eigenvalue weighted by atomic mass is 9.89. The van der Waals surface area contributed by atoms with Gasteiger partial charge in [-0.15, -0.1) is 0 Å². The first-order chi connectivity index (χ1) is 21.9. The van der Waals surface area contributed by atoms with Gasteiger partial charge in [-0.3, -0.25) is 9.78 Å². The van der Waals surface area contributed by atoms with Gasteiger partial charge < -0.3 is 19.9 Å². The number of nitrogens with one attached hydrogen (secondary N) is 1. The first kappa shape index (κ1) is 33.6. The van der Waals surface area contributed by atoms with E-state index in [0.29, 0.717) is 43.7 Å². The summed E-state index contributed by atoms with van der Waals surface area (Å²) in [7, 11) is 0. The van der Waals surface area contributed by atoms with Gasteiger partial charge in [0.1, 0.15) is 5.60 Å². The number of benzene rings is 1. The van der Waals surface area contributed by atoms with Crippen LogP contribution in [0.4, 0.5) is 23.7 Å². The summed E-state index contributed by atoms with van der Waals surface area (Å²) in [6, 6.07) is 7.12. The predicted octanol–water partition coefficient (Wildman–Crippen LogP) is 7.82. The van der Waals surface area contributed by atoms with Crippen molar-refractivity contribution in [3.8, 4) is 11.3 Å². The second-order valence-corrected chi connectivity index (χ2v) is 13.4. The third-order valence-electron chi connectivity index (χ3n) is 8.69. The Bertz CT molecular complexity index is 1520. The van der Waals surface area contributed by atoms with Crippen molar-refractivity contribution < 1.29 is 27.5 Å². The number of pyridine rings is 2. The molecule has 8 nitrogen and oxygen atoms in total. The van der Waals surface area contributed by atoms with E-state index in [1.54, 1.807) is 50.2 Å². The quantitative estimate of drug-likeness (QED) is 0.189. The number of amides is 1. The van der Waals surface area contributed by atoms with E-state index in [0.717, 1.165) is 37.5 Å². The number of hydrogen-bond acceptors (Lipinski definition) is 7. The van der Waals surface area contributed by atoms with Crippen LogP contribution in [0.25, 0.3) is 22.2 Å². The summed E-state index contributed by atoms with van der Waals surface area (Å²) in [6.07, 6.45) is 4.06. The summed E-state index contributed by atoms with van der Waals surface area (Å²) in [4.78, 5) is 38.5.